The highest BCUT2D eigenvalue weighted by atomic mass is 19.4. The predicted molar refractivity (Wildman–Crippen MR) is 86.7 cm³/mol. The number of rotatable bonds is 5. The lowest BCUT2D eigenvalue weighted by Crippen LogP contribution is -2.22. The van der Waals surface area contributed by atoms with Crippen LogP contribution in [0.1, 0.15) is 12.5 Å². The monoisotopic (exact) mass is 354 g/mol. The molecule has 0 saturated heterocycles. The quantitative estimate of drug-likeness (QED) is 0.887. The molecule has 1 aromatic heterocycles. The number of aliphatic carboxylic acids is 1. The van der Waals surface area contributed by atoms with Crippen LogP contribution in [0.25, 0.3) is 11.1 Å². The summed E-state index contributed by atoms with van der Waals surface area (Å²) in [6.45, 7) is 1.37. The summed E-state index contributed by atoms with van der Waals surface area (Å²) in [5.74, 6) is -0.536. The van der Waals surface area contributed by atoms with Gasteiger partial charge in [-0.25, -0.2) is 9.78 Å². The number of carboxylic acids is 1. The van der Waals surface area contributed by atoms with Crippen LogP contribution in [0.5, 0.6) is 5.75 Å². The number of alkyl halides is 3. The zero-order valence-corrected chi connectivity index (χ0v) is 13.8. The predicted octanol–water partition coefficient (Wildman–Crippen LogP) is 3.69. The standard InChI is InChI=1S/C17H17F3N2O3/c1-10(16(23)24)25-13-6-4-5-11(7-13)14-8-12(17(18,19)20)9-21-15(14)22(2)3/h4-10H,1-3H3,(H,23,24)/t10-/m0/s1. The first-order chi connectivity index (χ1) is 11.6. The molecule has 0 aliphatic rings. The second kappa shape index (κ2) is 7.00. The molecule has 0 saturated carbocycles. The minimum atomic E-state index is -4.52. The van der Waals surface area contributed by atoms with Gasteiger partial charge in [0.2, 0.25) is 0 Å². The Balaban J connectivity index is 2.51. The Morgan fingerprint density at radius 1 is 1.28 bits per heavy atom. The molecule has 5 nitrogen and oxygen atoms in total. The summed E-state index contributed by atoms with van der Waals surface area (Å²) < 4.78 is 44.3. The molecule has 0 aliphatic carbocycles. The highest BCUT2D eigenvalue weighted by molar-refractivity contribution is 5.77. The van der Waals surface area contributed by atoms with Crippen molar-refractivity contribution in [1.29, 1.82) is 0 Å². The first kappa shape index (κ1) is 18.6. The number of anilines is 1. The van der Waals surface area contributed by atoms with E-state index in [4.69, 9.17) is 9.84 Å². The molecule has 1 N–H and O–H groups in total. The van der Waals surface area contributed by atoms with Crippen molar-refractivity contribution in [2.45, 2.75) is 19.2 Å². The molecular formula is C17H17F3N2O3. The van der Waals surface area contributed by atoms with Gasteiger partial charge in [-0.15, -0.1) is 0 Å². The minimum absolute atomic E-state index is 0.245. The van der Waals surface area contributed by atoms with Gasteiger partial charge in [-0.1, -0.05) is 12.1 Å². The lowest BCUT2D eigenvalue weighted by atomic mass is 10.0. The number of nitrogens with zero attached hydrogens (tertiary/aromatic N) is 2. The van der Waals surface area contributed by atoms with Crippen LogP contribution in [0.3, 0.4) is 0 Å². The Morgan fingerprint density at radius 2 is 1.96 bits per heavy atom. The number of aromatic nitrogens is 1. The Hall–Kier alpha value is -2.77. The van der Waals surface area contributed by atoms with Crippen molar-refractivity contribution in [3.8, 4) is 16.9 Å². The average Bonchev–Trinajstić information content (AvgIpc) is 2.53. The van der Waals surface area contributed by atoms with Gasteiger partial charge in [-0.2, -0.15) is 13.2 Å². The third kappa shape index (κ3) is 4.40. The highest BCUT2D eigenvalue weighted by Gasteiger charge is 2.32. The fourth-order valence-corrected chi connectivity index (χ4v) is 2.17. The summed E-state index contributed by atoms with van der Waals surface area (Å²) in [6, 6.07) is 7.24. The first-order valence-corrected chi connectivity index (χ1v) is 7.34. The summed E-state index contributed by atoms with van der Waals surface area (Å²) in [4.78, 5) is 16.4. The third-order valence-corrected chi connectivity index (χ3v) is 3.42. The summed E-state index contributed by atoms with van der Waals surface area (Å²) in [5, 5.41) is 8.91. The van der Waals surface area contributed by atoms with Crippen molar-refractivity contribution >= 4 is 11.8 Å². The van der Waals surface area contributed by atoms with E-state index in [9.17, 15) is 18.0 Å². The molecule has 2 aromatic rings. The van der Waals surface area contributed by atoms with Crippen LogP contribution >= 0.6 is 0 Å². The smallest absolute Gasteiger partial charge is 0.417 e. The van der Waals surface area contributed by atoms with Crippen LogP contribution in [0.4, 0.5) is 19.0 Å². The van der Waals surface area contributed by atoms with Gasteiger partial charge in [0, 0.05) is 25.9 Å². The lowest BCUT2D eigenvalue weighted by Gasteiger charge is -2.19. The van der Waals surface area contributed by atoms with E-state index in [1.807, 2.05) is 0 Å². The van der Waals surface area contributed by atoms with Gasteiger partial charge in [0.05, 0.1) is 5.56 Å². The summed E-state index contributed by atoms with van der Waals surface area (Å²) in [5.41, 5.74) is -0.149. The van der Waals surface area contributed by atoms with Gasteiger partial charge in [0.15, 0.2) is 6.10 Å². The van der Waals surface area contributed by atoms with Gasteiger partial charge in [-0.3, -0.25) is 0 Å². The largest absolute Gasteiger partial charge is 0.479 e. The fraction of sp³-hybridized carbons (Fsp3) is 0.294. The molecule has 0 aliphatic heterocycles. The molecule has 1 heterocycles. The lowest BCUT2D eigenvalue weighted by molar-refractivity contribution is -0.144. The molecule has 0 radical (unpaired) electrons. The number of halogens is 3. The number of carboxylic acid groups (broad SMARTS) is 1. The molecule has 0 spiro atoms. The maximum absolute atomic E-state index is 13.0. The highest BCUT2D eigenvalue weighted by Crippen LogP contribution is 2.36. The minimum Gasteiger partial charge on any atom is -0.479 e. The van der Waals surface area contributed by atoms with E-state index in [-0.39, 0.29) is 11.3 Å². The number of ether oxygens (including phenoxy) is 1. The average molecular weight is 354 g/mol. The second-order valence-corrected chi connectivity index (χ2v) is 5.61. The van der Waals surface area contributed by atoms with E-state index in [2.05, 4.69) is 4.98 Å². The van der Waals surface area contributed by atoms with Crippen molar-refractivity contribution in [3.05, 3.63) is 42.1 Å². The van der Waals surface area contributed by atoms with Crippen LogP contribution in [0.15, 0.2) is 36.5 Å². The Labute approximate surface area is 142 Å². The molecule has 1 aromatic carbocycles. The van der Waals surface area contributed by atoms with E-state index in [0.717, 1.165) is 12.3 Å². The van der Waals surface area contributed by atoms with Crippen molar-refractivity contribution in [1.82, 2.24) is 4.98 Å². The van der Waals surface area contributed by atoms with Crippen molar-refractivity contribution in [3.63, 3.8) is 0 Å². The maximum Gasteiger partial charge on any atom is 0.417 e. The van der Waals surface area contributed by atoms with E-state index in [0.29, 0.717) is 11.4 Å². The van der Waals surface area contributed by atoms with Gasteiger partial charge in [0.1, 0.15) is 11.6 Å². The van der Waals surface area contributed by atoms with Crippen LogP contribution < -0.4 is 9.64 Å². The van der Waals surface area contributed by atoms with Gasteiger partial charge in [0.25, 0.3) is 0 Å². The van der Waals surface area contributed by atoms with Crippen molar-refractivity contribution in [2.75, 3.05) is 19.0 Å². The molecule has 8 heteroatoms. The van der Waals surface area contributed by atoms with E-state index in [1.54, 1.807) is 37.2 Å². The summed E-state index contributed by atoms with van der Waals surface area (Å²) in [6.07, 6.45) is -4.81. The molecule has 2 rings (SSSR count). The number of pyridine rings is 1. The van der Waals surface area contributed by atoms with E-state index in [1.165, 1.54) is 13.0 Å². The fourth-order valence-electron chi connectivity index (χ4n) is 2.17. The van der Waals surface area contributed by atoms with Gasteiger partial charge < -0.3 is 14.7 Å². The Bertz CT molecular complexity index is 776. The number of benzene rings is 1. The topological polar surface area (TPSA) is 62.7 Å². The zero-order valence-electron chi connectivity index (χ0n) is 13.8. The van der Waals surface area contributed by atoms with E-state index >= 15 is 0 Å². The molecule has 1 atom stereocenters. The molecule has 0 amide bonds. The Morgan fingerprint density at radius 3 is 2.52 bits per heavy atom. The molecule has 0 unspecified atom stereocenters. The molecular weight excluding hydrogens is 337 g/mol. The SMILES string of the molecule is C[C@H](Oc1cccc(-c2cc(C(F)(F)F)cnc2N(C)C)c1)C(=O)O. The van der Waals surface area contributed by atoms with Crippen LogP contribution in [-0.2, 0) is 11.0 Å². The van der Waals surface area contributed by atoms with Crippen LogP contribution in [0.2, 0.25) is 0 Å². The number of hydrogen-bond acceptors (Lipinski definition) is 4. The first-order valence-electron chi connectivity index (χ1n) is 7.34. The van der Waals surface area contributed by atoms with Crippen molar-refractivity contribution in [2.24, 2.45) is 0 Å². The molecule has 25 heavy (non-hydrogen) atoms. The number of hydrogen-bond donors (Lipinski definition) is 1. The third-order valence-electron chi connectivity index (χ3n) is 3.42. The van der Waals surface area contributed by atoms with Gasteiger partial charge >= 0.3 is 12.1 Å². The summed E-state index contributed by atoms with van der Waals surface area (Å²) >= 11 is 0. The number of carbonyl (C=O) groups is 1. The molecule has 0 bridgehead atoms. The second-order valence-electron chi connectivity index (χ2n) is 5.61. The maximum atomic E-state index is 13.0. The summed E-state index contributed by atoms with van der Waals surface area (Å²) in [7, 11) is 3.35. The molecule has 134 valence electrons. The zero-order chi connectivity index (χ0) is 18.8. The van der Waals surface area contributed by atoms with Crippen LogP contribution in [0, 0.1) is 0 Å². The van der Waals surface area contributed by atoms with Gasteiger partial charge in [-0.05, 0) is 30.7 Å². The molecule has 0 fully saturated rings. The normalized spacial score (nSPS) is 12.6. The van der Waals surface area contributed by atoms with Crippen molar-refractivity contribution < 1.29 is 27.8 Å². The van der Waals surface area contributed by atoms with E-state index < -0.39 is 23.8 Å². The Kier molecular flexibility index (Phi) is 5.20. The van der Waals surface area contributed by atoms with Crippen LogP contribution in [-0.4, -0.2) is 36.3 Å².